The molecule has 0 aliphatic carbocycles. The largest absolute Gasteiger partial charge is 0.493 e. The lowest BCUT2D eigenvalue weighted by Crippen LogP contribution is -2.37. The van der Waals surface area contributed by atoms with E-state index in [0.29, 0.717) is 68.8 Å². The molecule has 0 aromatic heterocycles. The summed E-state index contributed by atoms with van der Waals surface area (Å²) in [5, 5.41) is 38.8. The highest BCUT2D eigenvalue weighted by Gasteiger charge is 2.36. The summed E-state index contributed by atoms with van der Waals surface area (Å²) in [6, 6.07) is 9.97. The van der Waals surface area contributed by atoms with Crippen molar-refractivity contribution >= 4 is 23.5 Å². The Morgan fingerprint density at radius 1 is 0.825 bits per heavy atom. The van der Waals surface area contributed by atoms with Gasteiger partial charge in [-0.2, -0.15) is 0 Å². The van der Waals surface area contributed by atoms with Crippen LogP contribution in [0.5, 0.6) is 11.5 Å². The molecule has 0 radical (unpaired) electrons. The number of halogens is 1. The molecule has 2 aliphatic heterocycles. The predicted octanol–water partition coefficient (Wildman–Crippen LogP) is 2.89. The smallest absolute Gasteiger partial charge is 0.321 e. The van der Waals surface area contributed by atoms with E-state index >= 15 is 0 Å². The lowest BCUT2D eigenvalue weighted by atomic mass is 9.99. The number of aliphatic carboxylic acids is 2. The van der Waals surface area contributed by atoms with Crippen LogP contribution in [0.15, 0.2) is 36.4 Å². The molecule has 11 heteroatoms. The SMILES string of the molecule is Cc1c(OCCCN2CC(O)CC2C(=O)O)cccc1-c1cccc(OCCCN2CC(O)CC2C(=O)O)c1Cl. The van der Waals surface area contributed by atoms with Crippen molar-refractivity contribution in [3.05, 3.63) is 47.0 Å². The second kappa shape index (κ2) is 13.6. The van der Waals surface area contributed by atoms with E-state index in [1.165, 1.54) is 0 Å². The van der Waals surface area contributed by atoms with Crippen LogP contribution in [-0.4, -0.2) is 106 Å². The molecule has 0 amide bonds. The number of carbonyl (C=O) groups is 2. The average molecular weight is 577 g/mol. The molecule has 2 aromatic carbocycles. The summed E-state index contributed by atoms with van der Waals surface area (Å²) in [4.78, 5) is 26.4. The standard InChI is InChI=1S/C29H37ClN2O8/c1-18-21(6-2-8-25(18)39-12-4-10-31-16-19(33)14-23(31)28(35)36)22-7-3-9-26(27(22)30)40-13-5-11-32-17-20(34)15-24(32)29(37)38/h2-3,6-9,19-20,23-24,33-34H,4-5,10-17H2,1H3,(H,35,36)(H,37,38). The zero-order chi connectivity index (χ0) is 28.8. The Bertz CT molecular complexity index is 1100. The Balaban J connectivity index is 1.32. The maximum absolute atomic E-state index is 11.4. The van der Waals surface area contributed by atoms with Gasteiger partial charge in [0.15, 0.2) is 0 Å². The fourth-order valence-electron chi connectivity index (χ4n) is 5.56. The topological polar surface area (TPSA) is 140 Å². The number of aliphatic hydroxyl groups excluding tert-OH is 2. The molecule has 2 heterocycles. The van der Waals surface area contributed by atoms with Gasteiger partial charge < -0.3 is 29.9 Å². The van der Waals surface area contributed by atoms with Crippen LogP contribution in [0.3, 0.4) is 0 Å². The monoisotopic (exact) mass is 576 g/mol. The van der Waals surface area contributed by atoms with Crippen molar-refractivity contribution in [2.45, 2.75) is 56.9 Å². The van der Waals surface area contributed by atoms with E-state index in [0.717, 1.165) is 16.7 Å². The van der Waals surface area contributed by atoms with Crippen LogP contribution in [0.2, 0.25) is 5.02 Å². The first-order chi connectivity index (χ1) is 19.2. The van der Waals surface area contributed by atoms with E-state index in [4.69, 9.17) is 21.1 Å². The molecule has 2 aliphatic rings. The third-order valence-electron chi connectivity index (χ3n) is 7.56. The van der Waals surface area contributed by atoms with Crippen molar-refractivity contribution in [3.8, 4) is 22.6 Å². The van der Waals surface area contributed by atoms with E-state index in [2.05, 4.69) is 0 Å². The molecular weight excluding hydrogens is 540 g/mol. The lowest BCUT2D eigenvalue weighted by molar-refractivity contribution is -0.143. The number of hydrogen-bond donors (Lipinski definition) is 4. The Kier molecular flexibility index (Phi) is 10.3. The number of carboxylic acid groups (broad SMARTS) is 2. The Labute approximate surface area is 238 Å². The number of likely N-dealkylation sites (tertiary alicyclic amines) is 2. The minimum absolute atomic E-state index is 0.236. The Morgan fingerprint density at radius 3 is 1.82 bits per heavy atom. The van der Waals surface area contributed by atoms with Crippen molar-refractivity contribution in [2.24, 2.45) is 0 Å². The van der Waals surface area contributed by atoms with E-state index in [1.807, 2.05) is 37.3 Å². The van der Waals surface area contributed by atoms with Crippen molar-refractivity contribution in [1.29, 1.82) is 0 Å². The van der Waals surface area contributed by atoms with Gasteiger partial charge in [-0.15, -0.1) is 0 Å². The van der Waals surface area contributed by atoms with E-state index in [9.17, 15) is 30.0 Å². The van der Waals surface area contributed by atoms with Gasteiger partial charge in [-0.05, 0) is 43.0 Å². The molecule has 2 saturated heterocycles. The predicted molar refractivity (Wildman–Crippen MR) is 149 cm³/mol. The summed E-state index contributed by atoms with van der Waals surface area (Å²) in [5.74, 6) is -0.603. The van der Waals surface area contributed by atoms with Gasteiger partial charge in [-0.3, -0.25) is 19.4 Å². The molecule has 10 nitrogen and oxygen atoms in total. The molecule has 2 fully saturated rings. The third kappa shape index (κ3) is 7.24. The summed E-state index contributed by atoms with van der Waals surface area (Å²) >= 11 is 6.75. The molecule has 4 unspecified atom stereocenters. The summed E-state index contributed by atoms with van der Waals surface area (Å²) in [6.45, 7) is 4.42. The molecule has 4 rings (SSSR count). The van der Waals surface area contributed by atoms with Gasteiger partial charge >= 0.3 is 11.9 Å². The van der Waals surface area contributed by atoms with Gasteiger partial charge in [0.2, 0.25) is 0 Å². The van der Waals surface area contributed by atoms with E-state index < -0.39 is 36.2 Å². The first-order valence-corrected chi connectivity index (χ1v) is 14.0. The number of ether oxygens (including phenoxy) is 2. The number of benzene rings is 2. The average Bonchev–Trinajstić information content (AvgIpc) is 3.48. The summed E-state index contributed by atoms with van der Waals surface area (Å²) in [5.41, 5.74) is 2.61. The number of hydrogen-bond acceptors (Lipinski definition) is 8. The first-order valence-electron chi connectivity index (χ1n) is 13.6. The molecule has 218 valence electrons. The minimum atomic E-state index is -0.923. The summed E-state index contributed by atoms with van der Waals surface area (Å²) in [6.07, 6.45) is 0.444. The fraction of sp³-hybridized carbons (Fsp3) is 0.517. The number of rotatable bonds is 13. The number of aliphatic hydroxyl groups is 2. The van der Waals surface area contributed by atoms with Crippen LogP contribution in [0.4, 0.5) is 0 Å². The zero-order valence-electron chi connectivity index (χ0n) is 22.5. The van der Waals surface area contributed by atoms with E-state index in [1.54, 1.807) is 15.9 Å². The molecule has 0 bridgehead atoms. The number of nitrogens with zero attached hydrogens (tertiary/aromatic N) is 2. The maximum atomic E-state index is 11.4. The molecule has 2 aromatic rings. The Morgan fingerprint density at radius 2 is 1.30 bits per heavy atom. The summed E-state index contributed by atoms with van der Waals surface area (Å²) in [7, 11) is 0. The van der Waals surface area contributed by atoms with Crippen molar-refractivity contribution < 1.29 is 39.5 Å². The highest BCUT2D eigenvalue weighted by Crippen LogP contribution is 2.39. The molecule has 4 N–H and O–H groups in total. The Hall–Kier alpha value is -2.89. The van der Waals surface area contributed by atoms with Crippen LogP contribution < -0.4 is 9.47 Å². The maximum Gasteiger partial charge on any atom is 0.321 e. The van der Waals surface area contributed by atoms with E-state index in [-0.39, 0.29) is 12.8 Å². The second-order valence-electron chi connectivity index (χ2n) is 10.4. The number of carboxylic acids is 2. The van der Waals surface area contributed by atoms with Gasteiger partial charge in [0.25, 0.3) is 0 Å². The van der Waals surface area contributed by atoms with Gasteiger partial charge in [0.1, 0.15) is 23.6 Å². The molecule has 40 heavy (non-hydrogen) atoms. The molecule has 0 spiro atoms. The van der Waals surface area contributed by atoms with Gasteiger partial charge in [-0.1, -0.05) is 35.9 Å². The highest BCUT2D eigenvalue weighted by atomic mass is 35.5. The number of β-amino-alcohol motifs (C(OH)–C–C–N with tert-alkyl or cyclic N) is 2. The van der Waals surface area contributed by atoms with Crippen molar-refractivity contribution in [3.63, 3.8) is 0 Å². The first kappa shape index (κ1) is 30.1. The van der Waals surface area contributed by atoms with Gasteiger partial charge in [0.05, 0.1) is 30.4 Å². The van der Waals surface area contributed by atoms with Crippen LogP contribution in [0.1, 0.15) is 31.2 Å². The van der Waals surface area contributed by atoms with Crippen LogP contribution in [-0.2, 0) is 9.59 Å². The lowest BCUT2D eigenvalue weighted by Gasteiger charge is -2.21. The zero-order valence-corrected chi connectivity index (χ0v) is 23.3. The molecule has 0 saturated carbocycles. The van der Waals surface area contributed by atoms with Crippen molar-refractivity contribution in [2.75, 3.05) is 39.4 Å². The molecule has 4 atom stereocenters. The van der Waals surface area contributed by atoms with Crippen LogP contribution in [0.25, 0.3) is 11.1 Å². The van der Waals surface area contributed by atoms with Gasteiger partial charge in [0, 0.05) is 44.6 Å². The van der Waals surface area contributed by atoms with Crippen molar-refractivity contribution in [1.82, 2.24) is 9.80 Å². The highest BCUT2D eigenvalue weighted by molar-refractivity contribution is 6.34. The second-order valence-corrected chi connectivity index (χ2v) is 10.8. The van der Waals surface area contributed by atoms with Crippen LogP contribution in [0, 0.1) is 6.92 Å². The normalized spacial score (nSPS) is 23.4. The summed E-state index contributed by atoms with van der Waals surface area (Å²) < 4.78 is 12.0. The van der Waals surface area contributed by atoms with Crippen LogP contribution >= 0.6 is 11.6 Å². The quantitative estimate of drug-likeness (QED) is 0.263. The third-order valence-corrected chi connectivity index (χ3v) is 7.95. The van der Waals surface area contributed by atoms with Gasteiger partial charge in [-0.25, -0.2) is 0 Å². The fourth-order valence-corrected chi connectivity index (χ4v) is 5.84. The molecular formula is C29H37ClN2O8. The minimum Gasteiger partial charge on any atom is -0.493 e.